The molecule has 0 aliphatic carbocycles. The molecule has 0 radical (unpaired) electrons. The number of hydrogen-bond acceptors (Lipinski definition) is 5. The van der Waals surface area contributed by atoms with E-state index < -0.39 is 19.1 Å². The van der Waals surface area contributed by atoms with Crippen molar-refractivity contribution in [3.8, 4) is 5.75 Å². The maximum atomic E-state index is 13.1. The summed E-state index contributed by atoms with van der Waals surface area (Å²) in [6, 6.07) is 18.8. The molecule has 1 heterocycles. The minimum absolute atomic E-state index is 0.0489. The first-order valence-electron chi connectivity index (χ1n) is 10.2. The summed E-state index contributed by atoms with van der Waals surface area (Å²) < 4.78 is 18.8. The molecule has 9 heteroatoms. The van der Waals surface area contributed by atoms with Gasteiger partial charge >= 0.3 is 13.1 Å². The van der Waals surface area contributed by atoms with Crippen molar-refractivity contribution >= 4 is 30.6 Å². The molecule has 1 saturated heterocycles. The smallest absolute Gasteiger partial charge is 0.488 e. The van der Waals surface area contributed by atoms with Crippen LogP contribution in [0.25, 0.3) is 6.08 Å². The van der Waals surface area contributed by atoms with Gasteiger partial charge in [0.25, 0.3) is 5.91 Å². The normalized spacial score (nSPS) is 14.5. The fraction of sp³-hybridized carbons (Fsp3) is 0.0833. The van der Waals surface area contributed by atoms with Crippen LogP contribution in [0.3, 0.4) is 0 Å². The van der Waals surface area contributed by atoms with Gasteiger partial charge in [0, 0.05) is 0 Å². The first kappa shape index (κ1) is 22.3. The summed E-state index contributed by atoms with van der Waals surface area (Å²) in [7, 11) is -1.51. The maximum absolute atomic E-state index is 13.1. The number of rotatable bonds is 7. The highest BCUT2D eigenvalue weighted by Gasteiger charge is 2.33. The third-order valence-electron chi connectivity index (χ3n) is 5.09. The number of urea groups is 1. The lowest BCUT2D eigenvalue weighted by molar-refractivity contribution is -0.123. The van der Waals surface area contributed by atoms with Crippen LogP contribution in [-0.4, -0.2) is 34.0 Å². The van der Waals surface area contributed by atoms with Crippen molar-refractivity contribution in [2.24, 2.45) is 0 Å². The molecule has 33 heavy (non-hydrogen) atoms. The van der Waals surface area contributed by atoms with Crippen molar-refractivity contribution < 1.29 is 28.8 Å². The van der Waals surface area contributed by atoms with E-state index in [4.69, 9.17) is 14.8 Å². The van der Waals surface area contributed by atoms with Gasteiger partial charge in [-0.15, -0.1) is 0 Å². The Morgan fingerprint density at radius 2 is 1.55 bits per heavy atom. The van der Waals surface area contributed by atoms with Crippen molar-refractivity contribution in [3.63, 3.8) is 0 Å². The zero-order valence-electron chi connectivity index (χ0n) is 17.4. The van der Waals surface area contributed by atoms with Crippen molar-refractivity contribution in [3.05, 3.63) is 101 Å². The minimum atomic E-state index is -1.51. The molecule has 3 N–H and O–H groups in total. The molecule has 0 unspecified atom stereocenters. The Morgan fingerprint density at radius 3 is 2.18 bits per heavy atom. The van der Waals surface area contributed by atoms with E-state index in [1.165, 1.54) is 24.3 Å². The second-order valence-electron chi connectivity index (χ2n) is 7.48. The van der Waals surface area contributed by atoms with Gasteiger partial charge in [-0.25, -0.2) is 9.18 Å². The predicted octanol–water partition coefficient (Wildman–Crippen LogP) is 2.18. The number of benzene rings is 3. The van der Waals surface area contributed by atoms with Crippen LogP contribution in [0.15, 0.2) is 78.5 Å². The number of imide groups is 1. The van der Waals surface area contributed by atoms with E-state index in [0.29, 0.717) is 28.9 Å². The number of halogens is 1. The molecule has 7 nitrogen and oxygen atoms in total. The molecule has 3 aromatic rings. The molecular formula is C24H20BFN2O5. The zero-order valence-corrected chi connectivity index (χ0v) is 17.4. The van der Waals surface area contributed by atoms with Crippen LogP contribution in [0.4, 0.5) is 9.18 Å². The summed E-state index contributed by atoms with van der Waals surface area (Å²) >= 11 is 0. The standard InChI is InChI=1S/C24H20BFN2O5/c26-20-9-3-17(4-10-20)14-28-23(29)22(27-24(28)30)13-16-5-11-21(12-6-16)33-15-18-1-7-19(8-2-18)25(31)32/h1-13,31-32H,14-15H2,(H,27,30)/b22-13-. The molecule has 4 rings (SSSR count). The minimum Gasteiger partial charge on any atom is -0.489 e. The van der Waals surface area contributed by atoms with E-state index in [-0.39, 0.29) is 18.1 Å². The fourth-order valence-electron chi connectivity index (χ4n) is 3.27. The molecule has 0 atom stereocenters. The molecular weight excluding hydrogens is 426 g/mol. The summed E-state index contributed by atoms with van der Waals surface area (Å²) in [5.74, 6) is -0.229. The number of hydrogen-bond donors (Lipinski definition) is 3. The Bertz CT molecular complexity index is 1180. The van der Waals surface area contributed by atoms with Gasteiger partial charge in [0.05, 0.1) is 6.54 Å². The highest BCUT2D eigenvalue weighted by atomic mass is 19.1. The third-order valence-corrected chi connectivity index (χ3v) is 5.09. The van der Waals surface area contributed by atoms with Crippen LogP contribution in [-0.2, 0) is 17.9 Å². The predicted molar refractivity (Wildman–Crippen MR) is 121 cm³/mol. The van der Waals surface area contributed by atoms with Crippen LogP contribution in [0.2, 0.25) is 0 Å². The van der Waals surface area contributed by atoms with E-state index in [9.17, 15) is 14.0 Å². The van der Waals surface area contributed by atoms with Crippen molar-refractivity contribution in [2.45, 2.75) is 13.2 Å². The van der Waals surface area contributed by atoms with Crippen molar-refractivity contribution in [1.82, 2.24) is 10.2 Å². The lowest BCUT2D eigenvalue weighted by Gasteiger charge is -2.11. The van der Waals surface area contributed by atoms with Crippen LogP contribution < -0.4 is 15.5 Å². The number of carbonyl (C=O) groups excluding carboxylic acids is 2. The van der Waals surface area contributed by atoms with Gasteiger partial charge in [0.2, 0.25) is 0 Å². The Kier molecular flexibility index (Phi) is 6.53. The lowest BCUT2D eigenvalue weighted by atomic mass is 9.80. The number of nitrogens with one attached hydrogen (secondary N) is 1. The second-order valence-corrected chi connectivity index (χ2v) is 7.48. The first-order valence-corrected chi connectivity index (χ1v) is 10.2. The lowest BCUT2D eigenvalue weighted by Crippen LogP contribution is -2.30. The van der Waals surface area contributed by atoms with Gasteiger partial charge in [-0.3, -0.25) is 9.69 Å². The highest BCUT2D eigenvalue weighted by Crippen LogP contribution is 2.19. The van der Waals surface area contributed by atoms with E-state index >= 15 is 0 Å². The van der Waals surface area contributed by atoms with Gasteiger partial charge < -0.3 is 20.1 Å². The Morgan fingerprint density at radius 1 is 0.909 bits per heavy atom. The highest BCUT2D eigenvalue weighted by molar-refractivity contribution is 6.58. The fourth-order valence-corrected chi connectivity index (χ4v) is 3.27. The number of ether oxygens (including phenoxy) is 1. The van der Waals surface area contributed by atoms with E-state index in [2.05, 4.69) is 5.32 Å². The molecule has 0 saturated carbocycles. The van der Waals surface area contributed by atoms with Crippen molar-refractivity contribution in [2.75, 3.05) is 0 Å². The van der Waals surface area contributed by atoms with Crippen molar-refractivity contribution in [1.29, 1.82) is 0 Å². The summed E-state index contributed by atoms with van der Waals surface area (Å²) in [4.78, 5) is 25.9. The quantitative estimate of drug-likeness (QED) is 0.294. The Balaban J connectivity index is 1.37. The molecule has 166 valence electrons. The second kappa shape index (κ2) is 9.68. The van der Waals surface area contributed by atoms with E-state index in [0.717, 1.165) is 10.5 Å². The SMILES string of the molecule is O=C1N/C(=C\c2ccc(OCc3ccc(B(O)O)cc3)cc2)C(=O)N1Cc1ccc(F)cc1. The summed E-state index contributed by atoms with van der Waals surface area (Å²) in [6.07, 6.45) is 1.58. The average molecular weight is 446 g/mol. The van der Waals surface area contributed by atoms with Crippen LogP contribution in [0.1, 0.15) is 16.7 Å². The molecule has 3 aromatic carbocycles. The molecule has 0 aromatic heterocycles. The van der Waals surface area contributed by atoms with Gasteiger partial charge in [0.15, 0.2) is 0 Å². The zero-order chi connectivity index (χ0) is 23.4. The summed E-state index contributed by atoms with van der Waals surface area (Å²) in [6.45, 7) is 0.350. The van der Waals surface area contributed by atoms with E-state index in [1.807, 2.05) is 0 Å². The third kappa shape index (κ3) is 5.46. The molecule has 1 aliphatic heterocycles. The van der Waals surface area contributed by atoms with Gasteiger partial charge in [-0.05, 0) is 52.5 Å². The van der Waals surface area contributed by atoms with Crippen LogP contribution >= 0.6 is 0 Å². The van der Waals surface area contributed by atoms with Gasteiger partial charge in [0.1, 0.15) is 23.9 Å². The van der Waals surface area contributed by atoms with Crippen LogP contribution in [0, 0.1) is 5.82 Å². The molecule has 0 bridgehead atoms. The topological polar surface area (TPSA) is 99.1 Å². The maximum Gasteiger partial charge on any atom is 0.488 e. The van der Waals surface area contributed by atoms with E-state index in [1.54, 1.807) is 54.6 Å². The Labute approximate surface area is 189 Å². The summed E-state index contributed by atoms with van der Waals surface area (Å²) in [5.41, 5.74) is 2.77. The molecule has 1 aliphatic rings. The molecule has 0 spiro atoms. The average Bonchev–Trinajstić information content (AvgIpc) is 3.07. The van der Waals surface area contributed by atoms with Gasteiger partial charge in [-0.1, -0.05) is 48.5 Å². The molecule has 3 amide bonds. The first-order chi connectivity index (χ1) is 15.9. The number of carbonyl (C=O) groups is 2. The van der Waals surface area contributed by atoms with Crippen LogP contribution in [0.5, 0.6) is 5.75 Å². The largest absolute Gasteiger partial charge is 0.489 e. The number of nitrogens with zero attached hydrogens (tertiary/aromatic N) is 1. The summed E-state index contributed by atoms with van der Waals surface area (Å²) in [5, 5.41) is 20.8. The monoisotopic (exact) mass is 446 g/mol. The van der Waals surface area contributed by atoms with Gasteiger partial charge in [-0.2, -0.15) is 0 Å². The Hall–Kier alpha value is -3.95. The molecule has 1 fully saturated rings. The number of amides is 3.